The standard InChI is InChI=1S/C33H38N4O2/c1-4-18-36(3)19-7-8-21-39-32-23-27(11-13-28(32)25-12-14-29-26(22-25)15-17-34-29)33(38)37-20-16-24(2)35-30-9-5-6-10-31(30)37/h5-15,17,22-24,34-35H,4,16,18-21H2,1-3H3/b8-7+/t24-/m0/s1. The second-order valence-electron chi connectivity index (χ2n) is 10.3. The van der Waals surface area contributed by atoms with Crippen LogP contribution < -0.4 is 15.0 Å². The van der Waals surface area contributed by atoms with E-state index >= 15 is 0 Å². The zero-order valence-electron chi connectivity index (χ0n) is 23.1. The molecule has 6 heteroatoms. The Morgan fingerprint density at radius 3 is 2.85 bits per heavy atom. The summed E-state index contributed by atoms with van der Waals surface area (Å²) in [4.78, 5) is 21.3. The smallest absolute Gasteiger partial charge is 0.258 e. The van der Waals surface area contributed by atoms with Crippen molar-refractivity contribution >= 4 is 28.2 Å². The molecular formula is C33H38N4O2. The van der Waals surface area contributed by atoms with Crippen molar-refractivity contribution in [1.82, 2.24) is 9.88 Å². The molecule has 202 valence electrons. The quantitative estimate of drug-likeness (QED) is 0.233. The van der Waals surface area contributed by atoms with Crippen LogP contribution in [0.5, 0.6) is 5.75 Å². The lowest BCUT2D eigenvalue weighted by molar-refractivity contribution is 0.0986. The number of hydrogen-bond acceptors (Lipinski definition) is 4. The molecule has 4 aromatic rings. The number of carbonyl (C=O) groups is 1. The van der Waals surface area contributed by atoms with E-state index in [1.165, 1.54) is 0 Å². The maximum atomic E-state index is 13.9. The van der Waals surface area contributed by atoms with Gasteiger partial charge < -0.3 is 24.8 Å². The van der Waals surface area contributed by atoms with Crippen molar-refractivity contribution in [3.8, 4) is 16.9 Å². The number of amides is 1. The summed E-state index contributed by atoms with van der Waals surface area (Å²) in [6.07, 6.45) is 8.14. The van der Waals surface area contributed by atoms with Gasteiger partial charge in [0.25, 0.3) is 5.91 Å². The minimum absolute atomic E-state index is 0.0208. The summed E-state index contributed by atoms with van der Waals surface area (Å²) >= 11 is 0. The average Bonchev–Trinajstić information content (AvgIpc) is 3.34. The molecule has 5 rings (SSSR count). The highest BCUT2D eigenvalue weighted by atomic mass is 16.5. The number of nitrogens with one attached hydrogen (secondary N) is 2. The Labute approximate surface area is 231 Å². The number of para-hydroxylation sites is 2. The Morgan fingerprint density at radius 1 is 1.10 bits per heavy atom. The van der Waals surface area contributed by atoms with Crippen molar-refractivity contribution in [2.45, 2.75) is 32.7 Å². The molecule has 1 amide bonds. The highest BCUT2D eigenvalue weighted by Crippen LogP contribution is 2.35. The van der Waals surface area contributed by atoms with Crippen molar-refractivity contribution < 1.29 is 9.53 Å². The van der Waals surface area contributed by atoms with E-state index in [1.54, 1.807) is 0 Å². The number of ether oxygens (including phenoxy) is 1. The number of aromatic nitrogens is 1. The van der Waals surface area contributed by atoms with Gasteiger partial charge in [-0.3, -0.25) is 4.79 Å². The molecule has 0 saturated carbocycles. The maximum absolute atomic E-state index is 13.9. The fraction of sp³-hybridized carbons (Fsp3) is 0.303. The summed E-state index contributed by atoms with van der Waals surface area (Å²) in [6, 6.07) is 22.6. The van der Waals surface area contributed by atoms with Gasteiger partial charge in [-0.25, -0.2) is 0 Å². The van der Waals surface area contributed by atoms with Crippen LogP contribution in [0, 0.1) is 0 Å². The van der Waals surface area contributed by atoms with E-state index < -0.39 is 0 Å². The number of benzene rings is 3. The van der Waals surface area contributed by atoms with Gasteiger partial charge in [0.05, 0.1) is 11.4 Å². The molecule has 1 atom stereocenters. The van der Waals surface area contributed by atoms with Crippen LogP contribution in [-0.4, -0.2) is 55.1 Å². The van der Waals surface area contributed by atoms with Gasteiger partial charge in [0.15, 0.2) is 0 Å². The van der Waals surface area contributed by atoms with E-state index in [4.69, 9.17) is 4.74 Å². The van der Waals surface area contributed by atoms with Gasteiger partial charge in [0, 0.05) is 42.0 Å². The summed E-state index contributed by atoms with van der Waals surface area (Å²) in [7, 11) is 2.12. The molecule has 0 bridgehead atoms. The third-order valence-electron chi connectivity index (χ3n) is 7.24. The Hall–Kier alpha value is -4.03. The summed E-state index contributed by atoms with van der Waals surface area (Å²) in [5.74, 6) is 0.685. The summed E-state index contributed by atoms with van der Waals surface area (Å²) in [6.45, 7) is 7.37. The number of rotatable bonds is 9. The Kier molecular flexibility index (Phi) is 8.33. The zero-order chi connectivity index (χ0) is 27.2. The fourth-order valence-corrected chi connectivity index (χ4v) is 5.15. The Morgan fingerprint density at radius 2 is 1.97 bits per heavy atom. The van der Waals surface area contributed by atoms with E-state index in [0.29, 0.717) is 24.5 Å². The van der Waals surface area contributed by atoms with Gasteiger partial charge in [0.1, 0.15) is 12.4 Å². The summed E-state index contributed by atoms with van der Waals surface area (Å²) in [5, 5.41) is 4.68. The number of aromatic amines is 1. The van der Waals surface area contributed by atoms with Gasteiger partial charge in [-0.2, -0.15) is 0 Å². The molecule has 0 saturated heterocycles. The molecule has 39 heavy (non-hydrogen) atoms. The predicted octanol–water partition coefficient (Wildman–Crippen LogP) is 6.96. The van der Waals surface area contributed by atoms with Gasteiger partial charge >= 0.3 is 0 Å². The van der Waals surface area contributed by atoms with Crippen molar-refractivity contribution in [1.29, 1.82) is 0 Å². The Bertz CT molecular complexity index is 1460. The minimum Gasteiger partial charge on any atom is -0.489 e. The lowest BCUT2D eigenvalue weighted by Crippen LogP contribution is -2.32. The average molecular weight is 523 g/mol. The monoisotopic (exact) mass is 522 g/mol. The highest BCUT2D eigenvalue weighted by Gasteiger charge is 2.25. The third-order valence-corrected chi connectivity index (χ3v) is 7.24. The number of likely N-dealkylation sites (N-methyl/N-ethyl adjacent to an activating group) is 1. The SMILES string of the molecule is CCCN(C)C/C=C/COc1cc(C(=O)N2CC[C@H](C)Nc3ccccc32)ccc1-c1ccc2[nH]ccc2c1. The molecule has 6 nitrogen and oxygen atoms in total. The summed E-state index contributed by atoms with van der Waals surface area (Å²) < 4.78 is 6.32. The number of hydrogen-bond donors (Lipinski definition) is 2. The molecule has 2 heterocycles. The fourth-order valence-electron chi connectivity index (χ4n) is 5.15. The molecule has 3 aromatic carbocycles. The number of nitrogens with zero attached hydrogens (tertiary/aromatic N) is 2. The number of H-pyrrole nitrogens is 1. The first-order valence-electron chi connectivity index (χ1n) is 13.9. The number of fused-ring (bicyclic) bond motifs is 2. The maximum Gasteiger partial charge on any atom is 0.258 e. The van der Waals surface area contributed by atoms with Crippen LogP contribution in [-0.2, 0) is 0 Å². The molecule has 1 aromatic heterocycles. The second kappa shape index (κ2) is 12.2. The van der Waals surface area contributed by atoms with Crippen LogP contribution in [0.2, 0.25) is 0 Å². The lowest BCUT2D eigenvalue weighted by Gasteiger charge is -2.23. The van der Waals surface area contributed by atoms with Gasteiger partial charge in [-0.05, 0) is 92.8 Å². The first-order valence-corrected chi connectivity index (χ1v) is 13.9. The predicted molar refractivity (Wildman–Crippen MR) is 162 cm³/mol. The van der Waals surface area contributed by atoms with Crippen LogP contribution in [0.4, 0.5) is 11.4 Å². The van der Waals surface area contributed by atoms with Crippen molar-refractivity contribution in [3.05, 3.63) is 90.6 Å². The lowest BCUT2D eigenvalue weighted by atomic mass is 10.0. The molecule has 0 unspecified atom stereocenters. The molecule has 1 aliphatic rings. The van der Waals surface area contributed by atoms with Crippen molar-refractivity contribution in [2.24, 2.45) is 0 Å². The first-order chi connectivity index (χ1) is 19.0. The van der Waals surface area contributed by atoms with E-state index in [1.807, 2.05) is 53.6 Å². The van der Waals surface area contributed by atoms with Crippen LogP contribution in [0.1, 0.15) is 37.0 Å². The topological polar surface area (TPSA) is 60.6 Å². The highest BCUT2D eigenvalue weighted by molar-refractivity contribution is 6.08. The van der Waals surface area contributed by atoms with E-state index in [2.05, 4.69) is 72.5 Å². The second-order valence-corrected chi connectivity index (χ2v) is 10.3. The van der Waals surface area contributed by atoms with Crippen LogP contribution in [0.15, 0.2) is 85.1 Å². The number of carbonyl (C=O) groups excluding carboxylic acids is 1. The molecule has 0 radical (unpaired) electrons. The zero-order valence-corrected chi connectivity index (χ0v) is 23.1. The van der Waals surface area contributed by atoms with Crippen LogP contribution in [0.3, 0.4) is 0 Å². The van der Waals surface area contributed by atoms with Gasteiger partial charge in [-0.15, -0.1) is 0 Å². The molecule has 1 aliphatic heterocycles. The van der Waals surface area contributed by atoms with Crippen LogP contribution >= 0.6 is 0 Å². The van der Waals surface area contributed by atoms with Crippen molar-refractivity contribution in [3.63, 3.8) is 0 Å². The molecular weight excluding hydrogens is 484 g/mol. The molecule has 0 aliphatic carbocycles. The first kappa shape index (κ1) is 26.6. The minimum atomic E-state index is -0.0208. The van der Waals surface area contributed by atoms with E-state index in [9.17, 15) is 4.79 Å². The van der Waals surface area contributed by atoms with Crippen LogP contribution in [0.25, 0.3) is 22.0 Å². The van der Waals surface area contributed by atoms with E-state index in [0.717, 1.165) is 59.3 Å². The normalized spacial score (nSPS) is 15.4. The number of anilines is 2. The summed E-state index contributed by atoms with van der Waals surface area (Å²) in [5.41, 5.74) is 5.64. The van der Waals surface area contributed by atoms with Gasteiger partial charge in [-0.1, -0.05) is 37.3 Å². The van der Waals surface area contributed by atoms with Crippen molar-refractivity contribution in [2.75, 3.05) is 43.5 Å². The largest absolute Gasteiger partial charge is 0.489 e. The molecule has 2 N–H and O–H groups in total. The molecule has 0 fully saturated rings. The molecule has 0 spiro atoms. The Balaban J connectivity index is 1.44. The third kappa shape index (κ3) is 6.18. The van der Waals surface area contributed by atoms with Gasteiger partial charge in [0.2, 0.25) is 0 Å². The van der Waals surface area contributed by atoms with E-state index in [-0.39, 0.29) is 11.9 Å².